The number of hydrogen-bond donors (Lipinski definition) is 1. The van der Waals surface area contributed by atoms with Crippen molar-refractivity contribution in [3.63, 3.8) is 0 Å². The monoisotopic (exact) mass is 311 g/mol. The van der Waals surface area contributed by atoms with Gasteiger partial charge < -0.3 is 10.2 Å². The molecule has 0 radical (unpaired) electrons. The van der Waals surface area contributed by atoms with Gasteiger partial charge in [-0.3, -0.25) is 14.9 Å². The van der Waals surface area contributed by atoms with E-state index in [1.807, 2.05) is 6.92 Å². The van der Waals surface area contributed by atoms with Crippen molar-refractivity contribution in [3.8, 4) is 0 Å². The van der Waals surface area contributed by atoms with Crippen LogP contribution in [0.15, 0.2) is 46.9 Å². The molecule has 1 amide bonds. The smallest absolute Gasteiger partial charge is 0.273 e. The first-order valence-corrected chi connectivity index (χ1v) is 6.90. The van der Waals surface area contributed by atoms with E-state index >= 15 is 0 Å². The molecule has 3 rings (SSSR count). The molecule has 1 heterocycles. The lowest BCUT2D eigenvalue weighted by Gasteiger charge is -2.07. The molecular formula is C16H13N3O4. The first-order chi connectivity index (χ1) is 11.0. The average Bonchev–Trinajstić information content (AvgIpc) is 2.97. The number of benzene rings is 2. The summed E-state index contributed by atoms with van der Waals surface area (Å²) in [6.07, 6.45) is 0. The van der Waals surface area contributed by atoms with Gasteiger partial charge in [-0.1, -0.05) is 12.1 Å². The second kappa shape index (κ2) is 5.53. The summed E-state index contributed by atoms with van der Waals surface area (Å²) in [7, 11) is 0. The van der Waals surface area contributed by atoms with E-state index in [0.29, 0.717) is 22.6 Å². The van der Waals surface area contributed by atoms with Crippen LogP contribution < -0.4 is 5.73 Å². The van der Waals surface area contributed by atoms with Crippen molar-refractivity contribution in [1.29, 1.82) is 0 Å². The zero-order chi connectivity index (χ0) is 16.6. The Kier molecular flexibility index (Phi) is 3.53. The van der Waals surface area contributed by atoms with Crippen LogP contribution >= 0.6 is 0 Å². The van der Waals surface area contributed by atoms with Crippen LogP contribution in [-0.4, -0.2) is 15.8 Å². The van der Waals surface area contributed by atoms with Gasteiger partial charge in [0, 0.05) is 11.6 Å². The fraction of sp³-hybridized carbons (Fsp3) is 0.125. The number of nitro benzene ring substituents is 1. The van der Waals surface area contributed by atoms with Crippen molar-refractivity contribution < 1.29 is 14.1 Å². The average molecular weight is 311 g/mol. The number of hydrogen-bond acceptors (Lipinski definition) is 5. The van der Waals surface area contributed by atoms with Gasteiger partial charge in [0.05, 0.1) is 16.9 Å². The predicted octanol–water partition coefficient (Wildman–Crippen LogP) is 2.99. The number of rotatable bonds is 4. The molecule has 0 saturated heterocycles. The fourth-order valence-corrected chi connectivity index (χ4v) is 2.31. The summed E-state index contributed by atoms with van der Waals surface area (Å²) < 4.78 is 5.65. The molecule has 0 saturated carbocycles. The molecule has 1 atom stereocenters. The van der Waals surface area contributed by atoms with Crippen molar-refractivity contribution >= 4 is 22.7 Å². The molecular weight excluding hydrogens is 298 g/mol. The van der Waals surface area contributed by atoms with Crippen molar-refractivity contribution in [1.82, 2.24) is 4.98 Å². The minimum absolute atomic E-state index is 0.0429. The van der Waals surface area contributed by atoms with E-state index < -0.39 is 10.8 Å². The Labute approximate surface area is 130 Å². The lowest BCUT2D eigenvalue weighted by Crippen LogP contribution is -2.10. The Morgan fingerprint density at radius 1 is 1.26 bits per heavy atom. The minimum Gasteiger partial charge on any atom is -0.440 e. The molecule has 2 aromatic carbocycles. The number of nitrogens with two attached hydrogens (primary N) is 1. The van der Waals surface area contributed by atoms with Crippen LogP contribution in [0.5, 0.6) is 0 Å². The summed E-state index contributed by atoms with van der Waals surface area (Å²) >= 11 is 0. The Balaban J connectivity index is 1.95. The Morgan fingerprint density at radius 2 is 1.96 bits per heavy atom. The number of carbonyl (C=O) groups excluding carboxylic acids is 1. The van der Waals surface area contributed by atoms with Crippen LogP contribution in [0.1, 0.15) is 34.7 Å². The largest absolute Gasteiger partial charge is 0.440 e. The minimum atomic E-state index is -0.488. The SMILES string of the molecule is CC(c1ccc(C(N)=O)cc1)c1nc2ccc([N+](=O)[O-])cc2o1. The van der Waals surface area contributed by atoms with Crippen molar-refractivity contribution in [2.45, 2.75) is 12.8 Å². The molecule has 23 heavy (non-hydrogen) atoms. The summed E-state index contributed by atoms with van der Waals surface area (Å²) in [5.41, 5.74) is 7.43. The highest BCUT2D eigenvalue weighted by atomic mass is 16.6. The Morgan fingerprint density at radius 3 is 2.57 bits per heavy atom. The maximum atomic E-state index is 11.1. The van der Waals surface area contributed by atoms with Crippen LogP contribution in [0.2, 0.25) is 0 Å². The van der Waals surface area contributed by atoms with Gasteiger partial charge in [0.25, 0.3) is 5.69 Å². The zero-order valence-corrected chi connectivity index (χ0v) is 12.2. The summed E-state index contributed by atoms with van der Waals surface area (Å²) in [4.78, 5) is 25.8. The maximum absolute atomic E-state index is 11.1. The van der Waals surface area contributed by atoms with Crippen LogP contribution in [0.3, 0.4) is 0 Å². The number of carbonyl (C=O) groups is 1. The number of nitrogens with zero attached hydrogens (tertiary/aromatic N) is 2. The summed E-state index contributed by atoms with van der Waals surface area (Å²) in [6, 6.07) is 11.1. The Bertz CT molecular complexity index is 899. The summed E-state index contributed by atoms with van der Waals surface area (Å²) in [5, 5.41) is 10.8. The number of nitro groups is 1. The van der Waals surface area contributed by atoms with Crippen molar-refractivity contribution in [3.05, 3.63) is 69.6 Å². The first-order valence-electron chi connectivity index (χ1n) is 6.90. The van der Waals surface area contributed by atoms with E-state index in [1.54, 1.807) is 30.3 Å². The molecule has 0 aliphatic carbocycles. The molecule has 0 aliphatic rings. The van der Waals surface area contributed by atoms with E-state index in [1.165, 1.54) is 12.1 Å². The van der Waals surface area contributed by atoms with Crippen LogP contribution in [0.25, 0.3) is 11.1 Å². The third-order valence-corrected chi connectivity index (χ3v) is 3.67. The van der Waals surface area contributed by atoms with Gasteiger partial charge in [0.15, 0.2) is 5.58 Å². The number of fused-ring (bicyclic) bond motifs is 1. The lowest BCUT2D eigenvalue weighted by molar-refractivity contribution is -0.384. The topological polar surface area (TPSA) is 112 Å². The van der Waals surface area contributed by atoms with E-state index in [4.69, 9.17) is 10.2 Å². The fourth-order valence-electron chi connectivity index (χ4n) is 2.31. The molecule has 2 N–H and O–H groups in total. The summed E-state index contributed by atoms with van der Waals surface area (Å²) in [6.45, 7) is 1.90. The highest BCUT2D eigenvalue weighted by molar-refractivity contribution is 5.92. The van der Waals surface area contributed by atoms with Gasteiger partial charge in [-0.2, -0.15) is 0 Å². The molecule has 0 aliphatic heterocycles. The van der Waals surface area contributed by atoms with E-state index in [0.717, 1.165) is 5.56 Å². The molecule has 3 aromatic rings. The molecule has 116 valence electrons. The Hall–Kier alpha value is -3.22. The molecule has 0 fully saturated rings. The lowest BCUT2D eigenvalue weighted by atomic mass is 10.00. The number of aromatic nitrogens is 1. The third kappa shape index (κ3) is 2.76. The van der Waals surface area contributed by atoms with E-state index in [2.05, 4.69) is 4.98 Å². The molecule has 0 bridgehead atoms. The molecule has 7 nitrogen and oxygen atoms in total. The predicted molar refractivity (Wildman–Crippen MR) is 83.1 cm³/mol. The molecule has 1 unspecified atom stereocenters. The van der Waals surface area contributed by atoms with Crippen LogP contribution in [0.4, 0.5) is 5.69 Å². The maximum Gasteiger partial charge on any atom is 0.273 e. The second-order valence-corrected chi connectivity index (χ2v) is 5.17. The molecule has 7 heteroatoms. The standard InChI is InChI=1S/C16H13N3O4/c1-9(10-2-4-11(5-3-10)15(17)20)16-18-13-7-6-12(19(21)22)8-14(13)23-16/h2-9H,1H3,(H2,17,20). The molecule has 0 spiro atoms. The zero-order valence-electron chi connectivity index (χ0n) is 12.2. The summed E-state index contributed by atoms with van der Waals surface area (Å²) in [5.74, 6) is -0.200. The third-order valence-electron chi connectivity index (χ3n) is 3.67. The van der Waals surface area contributed by atoms with Gasteiger partial charge >= 0.3 is 0 Å². The first kappa shape index (κ1) is 14.7. The highest BCUT2D eigenvalue weighted by Gasteiger charge is 2.17. The normalized spacial score (nSPS) is 12.2. The highest BCUT2D eigenvalue weighted by Crippen LogP contribution is 2.28. The van der Waals surface area contributed by atoms with Gasteiger partial charge in [-0.15, -0.1) is 0 Å². The van der Waals surface area contributed by atoms with E-state index in [-0.39, 0.29) is 11.6 Å². The van der Waals surface area contributed by atoms with Gasteiger partial charge in [0.2, 0.25) is 11.8 Å². The van der Waals surface area contributed by atoms with Gasteiger partial charge in [-0.25, -0.2) is 4.98 Å². The van der Waals surface area contributed by atoms with Crippen LogP contribution in [0, 0.1) is 10.1 Å². The second-order valence-electron chi connectivity index (χ2n) is 5.17. The van der Waals surface area contributed by atoms with Gasteiger partial charge in [-0.05, 0) is 30.7 Å². The number of primary amides is 1. The number of oxazole rings is 1. The van der Waals surface area contributed by atoms with Crippen LogP contribution in [-0.2, 0) is 0 Å². The quantitative estimate of drug-likeness (QED) is 0.588. The van der Waals surface area contributed by atoms with Gasteiger partial charge in [0.1, 0.15) is 5.52 Å². The molecule has 1 aromatic heterocycles. The van der Waals surface area contributed by atoms with Crippen molar-refractivity contribution in [2.24, 2.45) is 5.73 Å². The van der Waals surface area contributed by atoms with Crippen molar-refractivity contribution in [2.75, 3.05) is 0 Å². The number of non-ortho nitro benzene ring substituents is 1. The number of amides is 1. The van der Waals surface area contributed by atoms with E-state index in [9.17, 15) is 14.9 Å².